The van der Waals surface area contributed by atoms with Crippen LogP contribution in [0, 0.1) is 11.8 Å². The van der Waals surface area contributed by atoms with Gasteiger partial charge in [-0.15, -0.1) is 0 Å². The number of benzene rings is 1. The lowest BCUT2D eigenvalue weighted by Gasteiger charge is -2.07. The lowest BCUT2D eigenvalue weighted by atomic mass is 10.1. The topological polar surface area (TPSA) is 26.3 Å². The number of halogens is 4. The Morgan fingerprint density at radius 3 is 2.53 bits per heavy atom. The molecular formula is C11H6BrF3O2. The molecule has 0 unspecified atom stereocenters. The minimum Gasteiger partial charge on any atom is -0.459 e. The highest BCUT2D eigenvalue weighted by molar-refractivity contribution is 9.10. The maximum absolute atomic E-state index is 12.3. The molecule has 0 aliphatic rings. The van der Waals surface area contributed by atoms with Crippen LogP contribution in [0.3, 0.4) is 0 Å². The first-order valence-electron chi connectivity index (χ1n) is 4.31. The summed E-state index contributed by atoms with van der Waals surface area (Å²) in [5.41, 5.74) is -0.503. The lowest BCUT2D eigenvalue weighted by Crippen LogP contribution is -2.04. The first kappa shape index (κ1) is 13.6. The van der Waals surface area contributed by atoms with Crippen LogP contribution in [0.2, 0.25) is 0 Å². The minimum atomic E-state index is -4.41. The van der Waals surface area contributed by atoms with Crippen LogP contribution in [-0.2, 0) is 15.7 Å². The van der Waals surface area contributed by atoms with Gasteiger partial charge in [-0.2, -0.15) is 13.2 Å². The van der Waals surface area contributed by atoms with E-state index in [1.807, 2.05) is 0 Å². The van der Waals surface area contributed by atoms with Gasteiger partial charge in [0, 0.05) is 16.0 Å². The fraction of sp³-hybridized carbons (Fsp3) is 0.182. The molecule has 1 aromatic rings. The number of hydrogen-bond acceptors (Lipinski definition) is 2. The van der Waals surface area contributed by atoms with Crippen molar-refractivity contribution >= 4 is 21.9 Å². The Bertz CT molecular complexity index is 498. The third-order valence-corrected chi connectivity index (χ3v) is 2.44. The van der Waals surface area contributed by atoms with E-state index in [4.69, 9.17) is 0 Å². The molecule has 0 N–H and O–H groups in total. The third-order valence-electron chi connectivity index (χ3n) is 1.78. The molecule has 2 nitrogen and oxygen atoms in total. The van der Waals surface area contributed by atoms with E-state index in [9.17, 15) is 18.0 Å². The number of hydrogen-bond donors (Lipinski definition) is 0. The number of ether oxygens (including phenoxy) is 1. The van der Waals surface area contributed by atoms with Gasteiger partial charge in [0.1, 0.15) is 0 Å². The summed E-state index contributed by atoms with van der Waals surface area (Å²) < 4.78 is 41.5. The van der Waals surface area contributed by atoms with Crippen molar-refractivity contribution < 1.29 is 22.7 Å². The quantitative estimate of drug-likeness (QED) is 0.544. The van der Waals surface area contributed by atoms with Crippen LogP contribution in [0.15, 0.2) is 22.7 Å². The van der Waals surface area contributed by atoms with Crippen LogP contribution in [0.25, 0.3) is 0 Å². The zero-order valence-corrected chi connectivity index (χ0v) is 10.1. The maximum atomic E-state index is 12.3. The zero-order valence-electron chi connectivity index (χ0n) is 8.56. The molecule has 1 rings (SSSR count). The van der Waals surface area contributed by atoms with Gasteiger partial charge in [-0.1, -0.05) is 5.92 Å². The summed E-state index contributed by atoms with van der Waals surface area (Å²) in [6.07, 6.45) is -4.41. The third kappa shape index (κ3) is 3.79. The predicted molar refractivity (Wildman–Crippen MR) is 58.0 cm³/mol. The largest absolute Gasteiger partial charge is 0.459 e. The van der Waals surface area contributed by atoms with Gasteiger partial charge < -0.3 is 4.74 Å². The molecule has 0 saturated carbocycles. The number of methoxy groups -OCH3 is 1. The monoisotopic (exact) mass is 306 g/mol. The Hall–Kier alpha value is -1.48. The molecule has 0 aliphatic heterocycles. The van der Waals surface area contributed by atoms with Gasteiger partial charge in [-0.05, 0) is 34.1 Å². The Kier molecular flexibility index (Phi) is 4.18. The van der Waals surface area contributed by atoms with Crippen molar-refractivity contribution in [2.24, 2.45) is 0 Å². The molecule has 1 aromatic carbocycles. The summed E-state index contributed by atoms with van der Waals surface area (Å²) in [6.45, 7) is 0. The van der Waals surface area contributed by atoms with Gasteiger partial charge in [-0.3, -0.25) is 0 Å². The summed E-state index contributed by atoms with van der Waals surface area (Å²) in [4.78, 5) is 10.7. The van der Waals surface area contributed by atoms with Crippen molar-refractivity contribution in [3.8, 4) is 11.8 Å². The molecule has 0 spiro atoms. The second-order valence-electron chi connectivity index (χ2n) is 2.93. The van der Waals surface area contributed by atoms with Crippen molar-refractivity contribution in [2.75, 3.05) is 7.11 Å². The molecule has 0 radical (unpaired) electrons. The number of alkyl halides is 3. The van der Waals surface area contributed by atoms with Crippen molar-refractivity contribution in [1.82, 2.24) is 0 Å². The van der Waals surface area contributed by atoms with Crippen LogP contribution in [-0.4, -0.2) is 13.1 Å². The predicted octanol–water partition coefficient (Wildman–Crippen LogP) is 2.99. The smallest absolute Gasteiger partial charge is 0.416 e. The van der Waals surface area contributed by atoms with E-state index in [1.54, 1.807) is 0 Å². The molecule has 0 fully saturated rings. The van der Waals surface area contributed by atoms with Crippen molar-refractivity contribution in [1.29, 1.82) is 0 Å². The van der Waals surface area contributed by atoms with E-state index in [0.717, 1.165) is 12.1 Å². The molecule has 0 saturated heterocycles. The highest BCUT2D eigenvalue weighted by Gasteiger charge is 2.30. The average molecular weight is 307 g/mol. The highest BCUT2D eigenvalue weighted by atomic mass is 79.9. The summed E-state index contributed by atoms with van der Waals surface area (Å²) >= 11 is 2.96. The summed E-state index contributed by atoms with van der Waals surface area (Å²) in [5.74, 6) is 3.78. The van der Waals surface area contributed by atoms with Crippen LogP contribution in [0.4, 0.5) is 13.2 Å². The van der Waals surface area contributed by atoms with E-state index in [1.165, 1.54) is 13.2 Å². The van der Waals surface area contributed by atoms with Gasteiger partial charge in [0.05, 0.1) is 12.7 Å². The Balaban J connectivity index is 3.05. The van der Waals surface area contributed by atoms with Gasteiger partial charge >= 0.3 is 12.1 Å². The van der Waals surface area contributed by atoms with Crippen LogP contribution in [0.1, 0.15) is 11.1 Å². The van der Waals surface area contributed by atoms with Gasteiger partial charge in [0.15, 0.2) is 0 Å². The summed E-state index contributed by atoms with van der Waals surface area (Å²) in [5, 5.41) is 0. The molecule has 6 heteroatoms. The normalized spacial score (nSPS) is 10.4. The molecule has 0 heterocycles. The Labute approximate surface area is 104 Å². The maximum Gasteiger partial charge on any atom is 0.416 e. The van der Waals surface area contributed by atoms with Crippen molar-refractivity contribution in [3.63, 3.8) is 0 Å². The van der Waals surface area contributed by atoms with Crippen molar-refractivity contribution in [2.45, 2.75) is 6.18 Å². The lowest BCUT2D eigenvalue weighted by molar-refractivity contribution is -0.137. The van der Waals surface area contributed by atoms with E-state index in [2.05, 4.69) is 32.5 Å². The SMILES string of the molecule is COC(=O)C#Cc1ccc(C(F)(F)F)cc1Br. The first-order valence-corrected chi connectivity index (χ1v) is 5.10. The Morgan fingerprint density at radius 1 is 1.41 bits per heavy atom. The molecular weight excluding hydrogens is 301 g/mol. The van der Waals surface area contributed by atoms with E-state index in [0.29, 0.717) is 0 Å². The highest BCUT2D eigenvalue weighted by Crippen LogP contribution is 2.31. The number of carbonyl (C=O) groups is 1. The van der Waals surface area contributed by atoms with Crippen LogP contribution in [0.5, 0.6) is 0 Å². The zero-order chi connectivity index (χ0) is 13.1. The van der Waals surface area contributed by atoms with Gasteiger partial charge in [-0.25, -0.2) is 4.79 Å². The molecule has 0 atom stereocenters. The molecule has 0 aliphatic carbocycles. The van der Waals surface area contributed by atoms with Crippen LogP contribution >= 0.6 is 15.9 Å². The van der Waals surface area contributed by atoms with E-state index >= 15 is 0 Å². The standard InChI is InChI=1S/C11H6BrF3O2/c1-17-10(16)5-3-7-2-4-8(6-9(7)12)11(13,14)15/h2,4,6H,1H3. The van der Waals surface area contributed by atoms with Crippen molar-refractivity contribution in [3.05, 3.63) is 33.8 Å². The van der Waals surface area contributed by atoms with Crippen LogP contribution < -0.4 is 0 Å². The molecule has 0 amide bonds. The summed E-state index contributed by atoms with van der Waals surface area (Å²) in [7, 11) is 1.17. The fourth-order valence-electron chi connectivity index (χ4n) is 0.962. The van der Waals surface area contributed by atoms with Gasteiger partial charge in [0.2, 0.25) is 0 Å². The van der Waals surface area contributed by atoms with E-state index in [-0.39, 0.29) is 10.0 Å². The number of carbonyl (C=O) groups excluding carboxylic acids is 1. The minimum absolute atomic E-state index is 0.170. The van der Waals surface area contributed by atoms with E-state index < -0.39 is 17.7 Å². The summed E-state index contributed by atoms with van der Waals surface area (Å²) in [6, 6.07) is 2.98. The second-order valence-corrected chi connectivity index (χ2v) is 3.79. The number of rotatable bonds is 0. The molecule has 0 bridgehead atoms. The first-order chi connectivity index (χ1) is 7.84. The Morgan fingerprint density at radius 2 is 2.06 bits per heavy atom. The average Bonchev–Trinajstić information content (AvgIpc) is 2.25. The van der Waals surface area contributed by atoms with Gasteiger partial charge in [0.25, 0.3) is 0 Å². The molecule has 0 aromatic heterocycles. The fourth-order valence-corrected chi connectivity index (χ4v) is 1.44. The molecule has 90 valence electrons. The number of esters is 1. The molecule has 17 heavy (non-hydrogen) atoms. The second kappa shape index (κ2) is 5.23.